The minimum Gasteiger partial charge on any atom is -0.317 e. The van der Waals surface area contributed by atoms with Crippen LogP contribution in [0.2, 0.25) is 0 Å². The van der Waals surface area contributed by atoms with E-state index in [-0.39, 0.29) is 11.4 Å². The van der Waals surface area contributed by atoms with Crippen LogP contribution in [0.25, 0.3) is 5.65 Å². The predicted molar refractivity (Wildman–Crippen MR) is 69.3 cm³/mol. The number of H-pyrrole nitrogens is 1. The summed E-state index contributed by atoms with van der Waals surface area (Å²) in [6, 6.07) is 2.99. The maximum absolute atomic E-state index is 12.8. The number of rotatable bonds is 2. The van der Waals surface area contributed by atoms with Crippen LogP contribution in [0.4, 0.5) is 18.9 Å². The van der Waals surface area contributed by atoms with Crippen molar-refractivity contribution in [1.29, 1.82) is 0 Å². The first-order valence-electron chi connectivity index (χ1n) is 6.10. The molecule has 3 aromatic heterocycles. The molecule has 0 saturated carbocycles. The summed E-state index contributed by atoms with van der Waals surface area (Å²) in [7, 11) is 0. The summed E-state index contributed by atoms with van der Waals surface area (Å²) in [5, 5.41) is 11.5. The van der Waals surface area contributed by atoms with Gasteiger partial charge in [0.1, 0.15) is 0 Å². The van der Waals surface area contributed by atoms with Crippen LogP contribution in [0.15, 0.2) is 24.5 Å². The van der Waals surface area contributed by atoms with Gasteiger partial charge in [-0.25, -0.2) is 9.50 Å². The Bertz CT molecular complexity index is 817. The first-order valence-corrected chi connectivity index (χ1v) is 6.10. The Morgan fingerprint density at radius 3 is 2.86 bits per heavy atom. The predicted octanol–water partition coefficient (Wildman–Crippen LogP) is 2.03. The lowest BCUT2D eigenvalue weighted by Gasteiger charge is -2.07. The molecule has 2 N–H and O–H groups in total. The van der Waals surface area contributed by atoms with Crippen LogP contribution < -0.4 is 5.32 Å². The summed E-state index contributed by atoms with van der Waals surface area (Å²) in [4.78, 5) is 16.1. The molecule has 3 rings (SSSR count). The molecule has 0 aliphatic carbocycles. The van der Waals surface area contributed by atoms with Gasteiger partial charge < -0.3 is 5.32 Å². The van der Waals surface area contributed by atoms with E-state index < -0.39 is 23.5 Å². The first kappa shape index (κ1) is 14.0. The number of amides is 1. The smallest absolute Gasteiger partial charge is 0.317 e. The maximum atomic E-state index is 12.8. The number of anilines is 1. The first-order chi connectivity index (χ1) is 10.4. The molecule has 0 saturated heterocycles. The van der Waals surface area contributed by atoms with E-state index in [0.717, 1.165) is 0 Å². The number of carbonyl (C=O) groups excluding carboxylic acids is 1. The zero-order chi connectivity index (χ0) is 15.9. The summed E-state index contributed by atoms with van der Waals surface area (Å²) in [5.74, 6) is -0.777. The summed E-state index contributed by atoms with van der Waals surface area (Å²) >= 11 is 0. The Morgan fingerprint density at radius 1 is 1.41 bits per heavy atom. The van der Waals surface area contributed by atoms with Gasteiger partial charge in [-0.1, -0.05) is 0 Å². The van der Waals surface area contributed by atoms with Gasteiger partial charge in [0, 0.05) is 18.5 Å². The standard InChI is InChI=1S/C12H9F3N6O/c1-6-9(10(19-18-6)12(13,14)15)17-11(22)7-5-8-16-3-2-4-21(8)20-7/h2-5H,1H3,(H,17,22)(H,18,19). The molecule has 22 heavy (non-hydrogen) atoms. The number of fused-ring (bicyclic) bond motifs is 1. The fourth-order valence-corrected chi connectivity index (χ4v) is 1.91. The molecule has 0 spiro atoms. The topological polar surface area (TPSA) is 88.0 Å². The van der Waals surface area contributed by atoms with Crippen molar-refractivity contribution < 1.29 is 18.0 Å². The molecule has 0 fully saturated rings. The van der Waals surface area contributed by atoms with Gasteiger partial charge in [0.05, 0.1) is 11.4 Å². The van der Waals surface area contributed by atoms with Crippen LogP contribution in [0.5, 0.6) is 0 Å². The van der Waals surface area contributed by atoms with Crippen molar-refractivity contribution in [2.75, 3.05) is 5.32 Å². The SMILES string of the molecule is Cc1[nH]nc(C(F)(F)F)c1NC(=O)c1cc2ncccn2n1. The minimum absolute atomic E-state index is 0.0487. The second-order valence-corrected chi connectivity index (χ2v) is 4.48. The molecular weight excluding hydrogens is 301 g/mol. The number of aromatic nitrogens is 5. The molecule has 0 aromatic carbocycles. The number of halogens is 3. The molecule has 0 unspecified atom stereocenters. The molecule has 3 aromatic rings. The lowest BCUT2D eigenvalue weighted by molar-refractivity contribution is -0.140. The third-order valence-electron chi connectivity index (χ3n) is 2.92. The Labute approximate surface area is 121 Å². The van der Waals surface area contributed by atoms with Crippen molar-refractivity contribution >= 4 is 17.2 Å². The Balaban J connectivity index is 1.93. The highest BCUT2D eigenvalue weighted by molar-refractivity contribution is 6.04. The molecule has 0 radical (unpaired) electrons. The van der Waals surface area contributed by atoms with E-state index in [1.807, 2.05) is 0 Å². The molecule has 114 valence electrons. The van der Waals surface area contributed by atoms with Crippen molar-refractivity contribution in [3.05, 3.63) is 41.6 Å². The van der Waals surface area contributed by atoms with Gasteiger partial charge in [0.25, 0.3) is 5.91 Å². The van der Waals surface area contributed by atoms with E-state index in [2.05, 4.69) is 25.6 Å². The number of alkyl halides is 3. The molecule has 3 heterocycles. The van der Waals surface area contributed by atoms with Gasteiger partial charge in [-0.05, 0) is 13.0 Å². The van der Waals surface area contributed by atoms with E-state index in [1.54, 1.807) is 12.3 Å². The Hall–Kier alpha value is -2.91. The highest BCUT2D eigenvalue weighted by Crippen LogP contribution is 2.34. The molecule has 10 heteroatoms. The number of nitrogens with one attached hydrogen (secondary N) is 2. The zero-order valence-corrected chi connectivity index (χ0v) is 11.1. The molecule has 0 atom stereocenters. The number of carbonyl (C=O) groups is 1. The largest absolute Gasteiger partial charge is 0.437 e. The monoisotopic (exact) mass is 310 g/mol. The average molecular weight is 310 g/mol. The number of aryl methyl sites for hydroxylation is 1. The van der Waals surface area contributed by atoms with E-state index in [0.29, 0.717) is 5.65 Å². The van der Waals surface area contributed by atoms with Crippen molar-refractivity contribution in [2.24, 2.45) is 0 Å². The lowest BCUT2D eigenvalue weighted by Crippen LogP contribution is -2.17. The Kier molecular flexibility index (Phi) is 3.08. The lowest BCUT2D eigenvalue weighted by atomic mass is 10.2. The van der Waals surface area contributed by atoms with Gasteiger partial charge in [0.2, 0.25) is 0 Å². The molecule has 0 aliphatic rings. The fraction of sp³-hybridized carbons (Fsp3) is 0.167. The van der Waals surface area contributed by atoms with Crippen molar-refractivity contribution in [2.45, 2.75) is 13.1 Å². The normalized spacial score (nSPS) is 11.8. The van der Waals surface area contributed by atoms with Crippen LogP contribution in [0.3, 0.4) is 0 Å². The van der Waals surface area contributed by atoms with Crippen LogP contribution in [0, 0.1) is 6.92 Å². The Morgan fingerprint density at radius 2 is 2.18 bits per heavy atom. The summed E-state index contributed by atoms with van der Waals surface area (Å²) in [6.07, 6.45) is -1.59. The second kappa shape index (κ2) is 4.83. The van der Waals surface area contributed by atoms with E-state index in [1.165, 1.54) is 23.7 Å². The molecule has 1 amide bonds. The minimum atomic E-state index is -4.67. The molecule has 0 aliphatic heterocycles. The van der Waals surface area contributed by atoms with Crippen LogP contribution in [-0.4, -0.2) is 30.7 Å². The van der Waals surface area contributed by atoms with Crippen molar-refractivity contribution in [3.63, 3.8) is 0 Å². The number of hydrogen-bond donors (Lipinski definition) is 2. The summed E-state index contributed by atoms with van der Waals surface area (Å²) in [5.41, 5.74) is -1.13. The number of hydrogen-bond acceptors (Lipinski definition) is 4. The fourth-order valence-electron chi connectivity index (χ4n) is 1.91. The third-order valence-corrected chi connectivity index (χ3v) is 2.92. The summed E-state index contributed by atoms with van der Waals surface area (Å²) in [6.45, 7) is 1.38. The number of nitrogens with zero attached hydrogens (tertiary/aromatic N) is 4. The maximum Gasteiger partial charge on any atom is 0.437 e. The van der Waals surface area contributed by atoms with Crippen LogP contribution in [0.1, 0.15) is 21.9 Å². The van der Waals surface area contributed by atoms with E-state index in [4.69, 9.17) is 0 Å². The van der Waals surface area contributed by atoms with E-state index >= 15 is 0 Å². The summed E-state index contributed by atoms with van der Waals surface area (Å²) < 4.78 is 39.8. The molecule has 7 nitrogen and oxygen atoms in total. The quantitative estimate of drug-likeness (QED) is 0.758. The number of aromatic amines is 1. The average Bonchev–Trinajstić information content (AvgIpc) is 3.02. The van der Waals surface area contributed by atoms with Gasteiger partial charge in [-0.3, -0.25) is 9.89 Å². The second-order valence-electron chi connectivity index (χ2n) is 4.48. The van der Waals surface area contributed by atoms with Gasteiger partial charge in [0.15, 0.2) is 17.0 Å². The van der Waals surface area contributed by atoms with Gasteiger partial charge in [-0.2, -0.15) is 23.4 Å². The van der Waals surface area contributed by atoms with Crippen LogP contribution in [-0.2, 0) is 6.18 Å². The highest BCUT2D eigenvalue weighted by Gasteiger charge is 2.38. The highest BCUT2D eigenvalue weighted by atomic mass is 19.4. The van der Waals surface area contributed by atoms with Crippen LogP contribution >= 0.6 is 0 Å². The molecule has 0 bridgehead atoms. The zero-order valence-electron chi connectivity index (χ0n) is 11.1. The third kappa shape index (κ3) is 2.38. The van der Waals surface area contributed by atoms with Crippen molar-refractivity contribution in [3.8, 4) is 0 Å². The van der Waals surface area contributed by atoms with Gasteiger partial charge in [-0.15, -0.1) is 0 Å². The van der Waals surface area contributed by atoms with Gasteiger partial charge >= 0.3 is 6.18 Å². The molecular formula is C12H9F3N6O. The van der Waals surface area contributed by atoms with E-state index in [9.17, 15) is 18.0 Å². The van der Waals surface area contributed by atoms with Crippen molar-refractivity contribution in [1.82, 2.24) is 24.8 Å².